The smallest absolute Gasteiger partial charge is 0.462 e. The topological polar surface area (TPSA) is 108 Å². The van der Waals surface area contributed by atoms with E-state index in [0.29, 0.717) is 17.4 Å². The Morgan fingerprint density at radius 2 is 1.08 bits per heavy atom. The molecule has 1 unspecified atom stereocenters. The highest BCUT2D eigenvalue weighted by molar-refractivity contribution is 7.47. The maximum Gasteiger partial charge on any atom is 0.472 e. The van der Waals surface area contributed by atoms with Gasteiger partial charge >= 0.3 is 19.8 Å². The largest absolute Gasteiger partial charge is 0.472 e. The Morgan fingerprint density at radius 3 is 1.60 bits per heavy atom. The number of ether oxygens (including phenoxy) is 2. The van der Waals surface area contributed by atoms with Crippen LogP contribution in [0.4, 0.5) is 0 Å². The van der Waals surface area contributed by atoms with Gasteiger partial charge in [0.15, 0.2) is 6.10 Å². The number of unbranched alkanes of at least 4 members (excludes halogenated alkanes) is 15. The van der Waals surface area contributed by atoms with Gasteiger partial charge in [0, 0.05) is 12.8 Å². The molecule has 0 saturated carbocycles. The average Bonchev–Trinajstić information content (AvgIpc) is 3.10. The molecule has 0 saturated heterocycles. The van der Waals surface area contributed by atoms with Crippen LogP contribution in [0.25, 0.3) is 0 Å². The second-order valence-corrected chi connectivity index (χ2v) is 16.5. The molecule has 0 bridgehead atoms. The van der Waals surface area contributed by atoms with Crippen LogP contribution in [-0.4, -0.2) is 74.9 Å². The van der Waals surface area contributed by atoms with Crippen LogP contribution in [-0.2, 0) is 32.7 Å². The Hall–Kier alpha value is -2.03. The third-order valence-corrected chi connectivity index (χ3v) is 9.61. The van der Waals surface area contributed by atoms with Gasteiger partial charge in [0.05, 0.1) is 27.7 Å². The zero-order valence-electron chi connectivity index (χ0n) is 34.5. The standard InChI is InChI=1S/C43H78NO8P/c1-6-8-10-12-14-16-18-20-22-24-26-28-30-32-34-36-43(46)52-41(40-51-53(47,48)50-38-37-44(3,4)5)39-49-42(45)35-33-31-29-27-25-23-21-19-17-15-13-11-9-7-2/h8,10,14,16,20,22,26,28,41H,6-7,9,11-13,15,17-19,21,23-25,27,29-40H2,1-5H3/p+1/b10-8+,16-14+,22-20+,28-26+/t41-/m1/s1. The van der Waals surface area contributed by atoms with Gasteiger partial charge in [-0.3, -0.25) is 18.6 Å². The summed E-state index contributed by atoms with van der Waals surface area (Å²) in [5.74, 6) is -0.847. The Kier molecular flexibility index (Phi) is 34.3. The first kappa shape index (κ1) is 51.0. The van der Waals surface area contributed by atoms with E-state index in [0.717, 1.165) is 57.8 Å². The molecule has 308 valence electrons. The van der Waals surface area contributed by atoms with Crippen LogP contribution < -0.4 is 0 Å². The van der Waals surface area contributed by atoms with Crippen LogP contribution in [0.2, 0.25) is 0 Å². The molecular weight excluding hydrogens is 689 g/mol. The molecule has 0 spiro atoms. The fourth-order valence-electron chi connectivity index (χ4n) is 5.36. The van der Waals surface area contributed by atoms with Gasteiger partial charge in [0.1, 0.15) is 19.8 Å². The van der Waals surface area contributed by atoms with E-state index in [4.69, 9.17) is 18.5 Å². The summed E-state index contributed by atoms with van der Waals surface area (Å²) in [5, 5.41) is 0. The van der Waals surface area contributed by atoms with E-state index < -0.39 is 26.5 Å². The molecule has 0 rings (SSSR count). The second-order valence-electron chi connectivity index (χ2n) is 15.0. The molecule has 0 radical (unpaired) electrons. The van der Waals surface area contributed by atoms with Crippen molar-refractivity contribution in [1.82, 2.24) is 0 Å². The van der Waals surface area contributed by atoms with Crippen LogP contribution in [0.1, 0.15) is 162 Å². The number of phosphoric acid groups is 1. The number of carbonyl (C=O) groups excluding carboxylic acids is 2. The van der Waals surface area contributed by atoms with E-state index in [2.05, 4.69) is 62.5 Å². The van der Waals surface area contributed by atoms with Crippen molar-refractivity contribution in [2.45, 2.75) is 168 Å². The average molecular weight is 769 g/mol. The molecule has 0 aliphatic heterocycles. The second kappa shape index (κ2) is 35.7. The van der Waals surface area contributed by atoms with Crippen LogP contribution in [0.3, 0.4) is 0 Å². The van der Waals surface area contributed by atoms with E-state index in [-0.39, 0.29) is 32.0 Å². The van der Waals surface area contributed by atoms with Crippen molar-refractivity contribution in [3.63, 3.8) is 0 Å². The van der Waals surface area contributed by atoms with Crippen molar-refractivity contribution >= 4 is 19.8 Å². The first-order valence-corrected chi connectivity index (χ1v) is 22.4. The highest BCUT2D eigenvalue weighted by atomic mass is 31.2. The van der Waals surface area contributed by atoms with Gasteiger partial charge in [-0.05, 0) is 51.4 Å². The van der Waals surface area contributed by atoms with E-state index in [1.54, 1.807) is 0 Å². The molecule has 0 amide bonds. The zero-order chi connectivity index (χ0) is 39.3. The lowest BCUT2D eigenvalue weighted by Gasteiger charge is -2.24. The van der Waals surface area contributed by atoms with E-state index in [9.17, 15) is 19.0 Å². The highest BCUT2D eigenvalue weighted by Crippen LogP contribution is 2.43. The number of esters is 2. The van der Waals surface area contributed by atoms with Crippen LogP contribution in [0.15, 0.2) is 48.6 Å². The normalized spacial score (nSPS) is 14.2. The van der Waals surface area contributed by atoms with Gasteiger partial charge in [0.25, 0.3) is 0 Å². The summed E-state index contributed by atoms with van der Waals surface area (Å²) in [4.78, 5) is 35.3. The summed E-state index contributed by atoms with van der Waals surface area (Å²) in [7, 11) is 1.45. The fraction of sp³-hybridized carbons (Fsp3) is 0.767. The van der Waals surface area contributed by atoms with Gasteiger partial charge in [-0.25, -0.2) is 4.57 Å². The molecule has 0 heterocycles. The summed E-state index contributed by atoms with van der Waals surface area (Å²) in [6.07, 6.45) is 40.2. The number of hydrogen-bond donors (Lipinski definition) is 1. The highest BCUT2D eigenvalue weighted by Gasteiger charge is 2.27. The van der Waals surface area contributed by atoms with Crippen LogP contribution in [0, 0.1) is 0 Å². The van der Waals surface area contributed by atoms with Crippen LogP contribution >= 0.6 is 7.82 Å². The maximum atomic E-state index is 12.6. The van der Waals surface area contributed by atoms with Gasteiger partial charge in [-0.2, -0.15) is 0 Å². The number of phosphoric ester groups is 1. The predicted octanol–water partition coefficient (Wildman–Crippen LogP) is 11.5. The van der Waals surface area contributed by atoms with Gasteiger partial charge < -0.3 is 18.9 Å². The number of hydrogen-bond acceptors (Lipinski definition) is 7. The Morgan fingerprint density at radius 1 is 0.604 bits per heavy atom. The lowest BCUT2D eigenvalue weighted by atomic mass is 10.0. The monoisotopic (exact) mass is 769 g/mol. The van der Waals surface area contributed by atoms with Crippen molar-refractivity contribution in [1.29, 1.82) is 0 Å². The molecule has 10 heteroatoms. The Labute approximate surface area is 324 Å². The number of nitrogens with zero attached hydrogens (tertiary/aromatic N) is 1. The number of allylic oxidation sites excluding steroid dienone is 8. The van der Waals surface area contributed by atoms with Crippen molar-refractivity contribution < 1.29 is 42.1 Å². The molecule has 9 nitrogen and oxygen atoms in total. The third-order valence-electron chi connectivity index (χ3n) is 8.62. The summed E-state index contributed by atoms with van der Waals surface area (Å²) >= 11 is 0. The van der Waals surface area contributed by atoms with Crippen molar-refractivity contribution in [3.8, 4) is 0 Å². The van der Waals surface area contributed by atoms with Crippen molar-refractivity contribution in [2.24, 2.45) is 0 Å². The van der Waals surface area contributed by atoms with Gasteiger partial charge in [-0.1, -0.05) is 146 Å². The van der Waals surface area contributed by atoms with Gasteiger partial charge in [0.2, 0.25) is 0 Å². The lowest BCUT2D eigenvalue weighted by molar-refractivity contribution is -0.870. The minimum atomic E-state index is -4.38. The van der Waals surface area contributed by atoms with Crippen molar-refractivity contribution in [3.05, 3.63) is 48.6 Å². The maximum absolute atomic E-state index is 12.6. The molecule has 2 atom stereocenters. The van der Waals surface area contributed by atoms with Crippen molar-refractivity contribution in [2.75, 3.05) is 47.5 Å². The Balaban J connectivity index is 4.46. The molecule has 0 aliphatic rings. The van der Waals surface area contributed by atoms with Crippen LogP contribution in [0.5, 0.6) is 0 Å². The number of rotatable bonds is 37. The molecule has 0 fully saturated rings. The van der Waals surface area contributed by atoms with E-state index >= 15 is 0 Å². The molecule has 0 aliphatic carbocycles. The molecule has 0 aromatic heterocycles. The third kappa shape index (κ3) is 39.5. The fourth-order valence-corrected chi connectivity index (χ4v) is 6.10. The lowest BCUT2D eigenvalue weighted by Crippen LogP contribution is -2.37. The number of quaternary nitrogens is 1. The van der Waals surface area contributed by atoms with E-state index in [1.165, 1.54) is 70.6 Å². The molecule has 0 aromatic carbocycles. The molecule has 1 N–H and O–H groups in total. The zero-order valence-corrected chi connectivity index (χ0v) is 35.4. The summed E-state index contributed by atoms with van der Waals surface area (Å²) in [6.45, 7) is 4.25. The quantitative estimate of drug-likeness (QED) is 0.0219. The van der Waals surface area contributed by atoms with E-state index in [1.807, 2.05) is 21.1 Å². The number of likely N-dealkylation sites (N-methyl/N-ethyl adjacent to an activating group) is 1. The number of carbonyl (C=O) groups is 2. The Bertz CT molecular complexity index is 1050. The predicted molar refractivity (Wildman–Crippen MR) is 220 cm³/mol. The molecule has 0 aromatic rings. The molecular formula is C43H79NO8P+. The first-order chi connectivity index (χ1) is 25.5. The minimum Gasteiger partial charge on any atom is -0.462 e. The summed E-state index contributed by atoms with van der Waals surface area (Å²) < 4.78 is 34.2. The summed E-state index contributed by atoms with van der Waals surface area (Å²) in [5.41, 5.74) is 0. The molecule has 53 heavy (non-hydrogen) atoms. The van der Waals surface area contributed by atoms with Gasteiger partial charge in [-0.15, -0.1) is 0 Å². The SMILES string of the molecule is CC/C=C/C/C=C/C/C=C/C/C=C/CCCCC(=O)O[C@H](COC(=O)CCCCCCCCCCCCCCCC)COP(=O)(O)OCC[N+](C)(C)C. The minimum absolute atomic E-state index is 0.0230. The summed E-state index contributed by atoms with van der Waals surface area (Å²) in [6, 6.07) is 0. The first-order valence-electron chi connectivity index (χ1n) is 20.9.